The molecule has 1 aromatic rings. The normalized spacial score (nSPS) is 43.4. The molecule has 1 aromatic carbocycles. The summed E-state index contributed by atoms with van der Waals surface area (Å²) in [5.74, 6) is 0.862. The van der Waals surface area contributed by atoms with Crippen molar-refractivity contribution in [2.75, 3.05) is 7.11 Å². The first kappa shape index (κ1) is 27.2. The van der Waals surface area contributed by atoms with Crippen LogP contribution in [-0.2, 0) is 19.6 Å². The summed E-state index contributed by atoms with van der Waals surface area (Å²) in [5, 5.41) is 0. The van der Waals surface area contributed by atoms with Crippen molar-refractivity contribution in [3.05, 3.63) is 29.8 Å². The van der Waals surface area contributed by atoms with Crippen molar-refractivity contribution in [2.45, 2.75) is 116 Å². The molecule has 1 saturated heterocycles. The number of esters is 1. The molecule has 0 N–H and O–H groups in total. The largest absolute Gasteiger partial charge is 0.468 e. The summed E-state index contributed by atoms with van der Waals surface area (Å²) < 4.78 is 35.7. The molecule has 1 heterocycles. The van der Waals surface area contributed by atoms with Gasteiger partial charge in [0.15, 0.2) is 0 Å². The maximum atomic E-state index is 14.4. The summed E-state index contributed by atoms with van der Waals surface area (Å²) in [6.45, 7) is 15.8. The Morgan fingerprint density at radius 2 is 1.46 bits per heavy atom. The second-order valence-electron chi connectivity index (χ2n) is 14.5. The fourth-order valence-corrected chi connectivity index (χ4v) is 12.7. The smallest absolute Gasteiger partial charge is 0.327 e. The first-order chi connectivity index (χ1) is 17.1. The number of carbonyl (C=O) groups is 1. The molecule has 0 radical (unpaired) electrons. The number of sulfonamides is 1. The van der Waals surface area contributed by atoms with E-state index in [0.29, 0.717) is 23.7 Å². The maximum absolute atomic E-state index is 14.4. The zero-order chi connectivity index (χ0) is 27.2. The van der Waals surface area contributed by atoms with E-state index in [1.165, 1.54) is 32.8 Å². The molecule has 0 bridgehead atoms. The first-order valence-electron chi connectivity index (χ1n) is 14.3. The number of methoxy groups -OCH3 is 1. The van der Waals surface area contributed by atoms with Crippen LogP contribution in [0.5, 0.6) is 0 Å². The van der Waals surface area contributed by atoms with Gasteiger partial charge in [-0.1, -0.05) is 51.8 Å². The monoisotopic (exact) mass is 529 g/mol. The zero-order valence-corrected chi connectivity index (χ0v) is 25.0. The number of hydrogen-bond donors (Lipinski definition) is 0. The van der Waals surface area contributed by atoms with Gasteiger partial charge in [0.1, 0.15) is 5.54 Å². The molecular weight excluding hydrogens is 482 g/mol. The maximum Gasteiger partial charge on any atom is 0.327 e. The molecule has 206 valence electrons. The van der Waals surface area contributed by atoms with Crippen molar-refractivity contribution >= 4 is 16.0 Å². The van der Waals surface area contributed by atoms with Gasteiger partial charge in [-0.3, -0.25) is 4.79 Å². The van der Waals surface area contributed by atoms with E-state index in [4.69, 9.17) is 4.74 Å². The number of hydrogen-bond acceptors (Lipinski definition) is 4. The van der Waals surface area contributed by atoms with E-state index in [9.17, 15) is 13.2 Å². The zero-order valence-electron chi connectivity index (χ0n) is 24.2. The molecule has 3 saturated carbocycles. The summed E-state index contributed by atoms with van der Waals surface area (Å²) in [7, 11) is -2.55. The lowest BCUT2D eigenvalue weighted by Gasteiger charge is -2.67. The Hall–Kier alpha value is -1.40. The van der Waals surface area contributed by atoms with Crippen molar-refractivity contribution < 1.29 is 17.9 Å². The summed E-state index contributed by atoms with van der Waals surface area (Å²) >= 11 is 0. The molecule has 3 aliphatic carbocycles. The lowest BCUT2D eigenvalue weighted by Crippen LogP contribution is -2.65. The number of fused-ring (bicyclic) bond motifs is 5. The predicted molar refractivity (Wildman–Crippen MR) is 146 cm³/mol. The third-order valence-corrected chi connectivity index (χ3v) is 14.2. The quantitative estimate of drug-likeness (QED) is 0.407. The van der Waals surface area contributed by atoms with Crippen LogP contribution < -0.4 is 0 Å². The molecule has 7 atom stereocenters. The van der Waals surface area contributed by atoms with Crippen molar-refractivity contribution in [2.24, 2.45) is 34.0 Å². The number of carbonyl (C=O) groups excluding carboxylic acids is 1. The van der Waals surface area contributed by atoms with E-state index >= 15 is 0 Å². The van der Waals surface area contributed by atoms with Crippen molar-refractivity contribution in [1.82, 2.24) is 4.31 Å². The minimum absolute atomic E-state index is 0.0293. The van der Waals surface area contributed by atoms with Gasteiger partial charge in [0.2, 0.25) is 10.0 Å². The van der Waals surface area contributed by atoms with E-state index < -0.39 is 27.1 Å². The van der Waals surface area contributed by atoms with Crippen LogP contribution >= 0.6 is 0 Å². The van der Waals surface area contributed by atoms with Crippen molar-refractivity contribution in [1.29, 1.82) is 0 Å². The first-order valence-corrected chi connectivity index (χ1v) is 15.7. The fourth-order valence-electron chi connectivity index (χ4n) is 10.6. The highest BCUT2D eigenvalue weighted by molar-refractivity contribution is 7.89. The minimum Gasteiger partial charge on any atom is -0.468 e. The van der Waals surface area contributed by atoms with Gasteiger partial charge in [0, 0.05) is 5.54 Å². The Kier molecular flexibility index (Phi) is 6.10. The number of benzene rings is 1. The number of ether oxygens (including phenoxy) is 1. The number of nitrogens with zero attached hydrogens (tertiary/aromatic N) is 1. The topological polar surface area (TPSA) is 63.7 Å². The van der Waals surface area contributed by atoms with Crippen LogP contribution in [-0.4, -0.2) is 36.9 Å². The predicted octanol–water partition coefficient (Wildman–Crippen LogP) is 6.74. The van der Waals surface area contributed by atoms with Gasteiger partial charge in [-0.25, -0.2) is 8.42 Å². The van der Waals surface area contributed by atoms with Gasteiger partial charge in [-0.15, -0.1) is 0 Å². The molecule has 1 aliphatic heterocycles. The standard InChI is InChI=1S/C31H47NO4S/c1-21-10-12-22(13-11-21)37(34,35)32-30(6)19-15-24-28(4)17-9-16-27(2,3)23(28)14-18-29(24,5)25(30)20-31(32,7)26(33)36-8/h10-13,23-25H,9,14-20H2,1-8H3. The van der Waals surface area contributed by atoms with Crippen LogP contribution in [0.15, 0.2) is 29.2 Å². The third kappa shape index (κ3) is 3.56. The fraction of sp³-hybridized carbons (Fsp3) is 0.774. The van der Waals surface area contributed by atoms with E-state index in [1.807, 2.05) is 26.0 Å². The van der Waals surface area contributed by atoms with Gasteiger partial charge in [0.25, 0.3) is 0 Å². The Bertz CT molecular complexity index is 1190. The Balaban J connectivity index is 1.63. The Labute approximate surface area is 224 Å². The molecule has 7 unspecified atom stereocenters. The van der Waals surface area contributed by atoms with Crippen LogP contribution in [0.1, 0.15) is 98.5 Å². The lowest BCUT2D eigenvalue weighted by molar-refractivity contribution is -0.178. The summed E-state index contributed by atoms with van der Waals surface area (Å²) in [5.41, 5.74) is -0.315. The molecule has 37 heavy (non-hydrogen) atoms. The van der Waals surface area contributed by atoms with E-state index in [-0.39, 0.29) is 21.6 Å². The van der Waals surface area contributed by atoms with Crippen LogP contribution in [0.25, 0.3) is 0 Å². The highest BCUT2D eigenvalue weighted by Crippen LogP contribution is 2.73. The number of aryl methyl sites for hydroxylation is 1. The van der Waals surface area contributed by atoms with Crippen LogP contribution in [0.2, 0.25) is 0 Å². The van der Waals surface area contributed by atoms with Gasteiger partial charge >= 0.3 is 5.97 Å². The van der Waals surface area contributed by atoms with E-state index in [2.05, 4.69) is 34.6 Å². The second kappa shape index (κ2) is 8.30. The summed E-state index contributed by atoms with van der Waals surface area (Å²) in [6.07, 6.45) is 8.38. The summed E-state index contributed by atoms with van der Waals surface area (Å²) in [4.78, 5) is 13.7. The molecular formula is C31H47NO4S. The lowest BCUT2D eigenvalue weighted by atomic mass is 9.38. The highest BCUT2D eigenvalue weighted by Gasteiger charge is 2.73. The van der Waals surface area contributed by atoms with E-state index in [0.717, 1.165) is 24.8 Å². The Morgan fingerprint density at radius 3 is 2.08 bits per heavy atom. The second-order valence-corrected chi connectivity index (χ2v) is 16.3. The molecule has 4 fully saturated rings. The summed E-state index contributed by atoms with van der Waals surface area (Å²) in [6, 6.07) is 7.04. The molecule has 6 heteroatoms. The molecule has 5 rings (SSSR count). The van der Waals surface area contributed by atoms with Gasteiger partial charge in [0.05, 0.1) is 12.0 Å². The van der Waals surface area contributed by atoms with Gasteiger partial charge in [-0.2, -0.15) is 4.31 Å². The molecule has 0 amide bonds. The average molecular weight is 530 g/mol. The third-order valence-electron chi connectivity index (χ3n) is 12.0. The Morgan fingerprint density at radius 1 is 0.865 bits per heavy atom. The van der Waals surface area contributed by atoms with Crippen LogP contribution in [0.4, 0.5) is 0 Å². The molecule has 4 aliphatic rings. The minimum atomic E-state index is -3.94. The van der Waals surface area contributed by atoms with Gasteiger partial charge in [-0.05, 0) is 112 Å². The van der Waals surface area contributed by atoms with E-state index in [1.54, 1.807) is 16.4 Å². The molecule has 0 spiro atoms. The van der Waals surface area contributed by atoms with Crippen molar-refractivity contribution in [3.8, 4) is 0 Å². The van der Waals surface area contributed by atoms with Crippen molar-refractivity contribution in [3.63, 3.8) is 0 Å². The molecule has 0 aromatic heterocycles. The van der Waals surface area contributed by atoms with Crippen LogP contribution in [0, 0.1) is 40.9 Å². The molecule has 5 nitrogen and oxygen atoms in total. The highest BCUT2D eigenvalue weighted by atomic mass is 32.2. The SMILES string of the molecule is COC(=O)C1(C)CC2C3(C)CCC4C(C)(C)CCCC4(C)C3CCC2(C)N1S(=O)(=O)c1ccc(C)cc1. The average Bonchev–Trinajstić information content (AvgIpc) is 3.07. The number of rotatable bonds is 3. The van der Waals surface area contributed by atoms with Gasteiger partial charge < -0.3 is 4.74 Å². The van der Waals surface area contributed by atoms with Crippen LogP contribution in [0.3, 0.4) is 0 Å².